The van der Waals surface area contributed by atoms with Crippen LogP contribution in [0.5, 0.6) is 0 Å². The van der Waals surface area contributed by atoms with Gasteiger partial charge in [0.05, 0.1) is 0 Å². The maximum Gasteiger partial charge on any atom is 0.325 e. The fourth-order valence-electron chi connectivity index (χ4n) is 1.56. The normalized spacial score (nSPS) is 12.4. The monoisotopic (exact) mass is 306 g/mol. The van der Waals surface area contributed by atoms with Gasteiger partial charge < -0.3 is 15.7 Å². The maximum atomic E-state index is 11.8. The van der Waals surface area contributed by atoms with Gasteiger partial charge in [0.15, 0.2) is 0 Å². The molecule has 3 N–H and O–H groups in total. The molecule has 1 aromatic carbocycles. The molecule has 0 bridgehead atoms. The van der Waals surface area contributed by atoms with Gasteiger partial charge in [-0.1, -0.05) is 32.9 Å². The fraction of sp³-hybridized carbons (Fsp3) is 0.438. The van der Waals surface area contributed by atoms with Crippen molar-refractivity contribution in [2.24, 2.45) is 5.41 Å². The number of hydrogen-bond donors (Lipinski definition) is 3. The van der Waals surface area contributed by atoms with Crippen LogP contribution >= 0.6 is 0 Å². The van der Waals surface area contributed by atoms with Gasteiger partial charge in [0.25, 0.3) is 5.91 Å². The number of amides is 2. The first-order chi connectivity index (χ1) is 10.1. The molecule has 0 spiro atoms. The summed E-state index contributed by atoms with van der Waals surface area (Å²) in [5.41, 5.74) is 0.784. The quantitative estimate of drug-likeness (QED) is 0.769. The van der Waals surface area contributed by atoms with Crippen molar-refractivity contribution in [3.63, 3.8) is 0 Å². The predicted molar refractivity (Wildman–Crippen MR) is 82.3 cm³/mol. The highest BCUT2D eigenvalue weighted by molar-refractivity contribution is 5.96. The molecule has 6 heteroatoms. The summed E-state index contributed by atoms with van der Waals surface area (Å²) in [7, 11) is 0. The highest BCUT2D eigenvalue weighted by Crippen LogP contribution is 2.13. The number of rotatable bonds is 5. The van der Waals surface area contributed by atoms with Gasteiger partial charge in [0, 0.05) is 17.5 Å². The van der Waals surface area contributed by atoms with Gasteiger partial charge in [0.2, 0.25) is 5.91 Å². The van der Waals surface area contributed by atoms with E-state index < -0.39 is 23.3 Å². The summed E-state index contributed by atoms with van der Waals surface area (Å²) in [6.45, 7) is 7.28. The van der Waals surface area contributed by atoms with Gasteiger partial charge in [-0.15, -0.1) is 0 Å². The Morgan fingerprint density at radius 1 is 1.14 bits per heavy atom. The maximum absolute atomic E-state index is 11.8. The Bertz CT molecular complexity index is 559. The third-order valence-electron chi connectivity index (χ3n) is 3.07. The summed E-state index contributed by atoms with van der Waals surface area (Å²) in [5.74, 6) is -1.58. The number of nitrogens with one attached hydrogen (secondary N) is 2. The van der Waals surface area contributed by atoms with Crippen LogP contribution in [0.25, 0.3) is 0 Å². The first kappa shape index (κ1) is 17.7. The summed E-state index contributed by atoms with van der Waals surface area (Å²) >= 11 is 0. The second-order valence-electron chi connectivity index (χ2n) is 6.16. The Morgan fingerprint density at radius 2 is 1.68 bits per heavy atom. The lowest BCUT2D eigenvalue weighted by molar-refractivity contribution is -0.138. The number of carbonyl (C=O) groups is 3. The molecule has 1 rings (SSSR count). The van der Waals surface area contributed by atoms with Crippen molar-refractivity contribution in [1.82, 2.24) is 10.6 Å². The van der Waals surface area contributed by atoms with E-state index in [0.29, 0.717) is 12.1 Å². The molecule has 1 atom stereocenters. The van der Waals surface area contributed by atoms with E-state index in [1.165, 1.54) is 6.92 Å². The molecule has 0 radical (unpaired) electrons. The largest absolute Gasteiger partial charge is 0.480 e. The first-order valence-corrected chi connectivity index (χ1v) is 7.02. The smallest absolute Gasteiger partial charge is 0.325 e. The van der Waals surface area contributed by atoms with Crippen molar-refractivity contribution in [2.45, 2.75) is 40.3 Å². The van der Waals surface area contributed by atoms with Crippen molar-refractivity contribution in [3.8, 4) is 0 Å². The Hall–Kier alpha value is -2.37. The van der Waals surface area contributed by atoms with Gasteiger partial charge >= 0.3 is 5.97 Å². The Labute approximate surface area is 129 Å². The lowest BCUT2D eigenvalue weighted by Crippen LogP contribution is -2.38. The molecule has 120 valence electrons. The topological polar surface area (TPSA) is 95.5 Å². The molecule has 0 aromatic heterocycles. The Balaban J connectivity index is 2.61. The highest BCUT2D eigenvalue weighted by Gasteiger charge is 2.20. The Kier molecular flexibility index (Phi) is 5.68. The predicted octanol–water partition coefficient (Wildman–Crippen LogP) is 1.55. The molecule has 0 aliphatic rings. The van der Waals surface area contributed by atoms with E-state index in [4.69, 9.17) is 5.11 Å². The minimum absolute atomic E-state index is 0.0513. The van der Waals surface area contributed by atoms with Crippen molar-refractivity contribution < 1.29 is 19.5 Å². The lowest BCUT2D eigenvalue weighted by Gasteiger charge is -2.17. The van der Waals surface area contributed by atoms with E-state index in [0.717, 1.165) is 5.56 Å². The van der Waals surface area contributed by atoms with Crippen LogP contribution in [0.2, 0.25) is 0 Å². The zero-order valence-electron chi connectivity index (χ0n) is 13.3. The van der Waals surface area contributed by atoms with Crippen molar-refractivity contribution in [1.29, 1.82) is 0 Å². The number of hydrogen-bond acceptors (Lipinski definition) is 3. The molecular weight excluding hydrogens is 284 g/mol. The lowest BCUT2D eigenvalue weighted by atomic mass is 9.95. The van der Waals surface area contributed by atoms with Crippen LogP contribution in [0.4, 0.5) is 0 Å². The van der Waals surface area contributed by atoms with Crippen LogP contribution in [-0.2, 0) is 16.1 Å². The fourth-order valence-corrected chi connectivity index (χ4v) is 1.56. The molecule has 0 aliphatic carbocycles. The second-order valence-corrected chi connectivity index (χ2v) is 6.16. The first-order valence-electron chi connectivity index (χ1n) is 7.02. The third-order valence-corrected chi connectivity index (χ3v) is 3.07. The standard InChI is InChI=1S/C16H22N2O4/c1-10(14(20)21)18-13(19)12-7-5-11(6-8-12)9-17-15(22)16(2,3)4/h5-8,10H,9H2,1-4H3,(H,17,22)(H,18,19)(H,20,21)/t10-/m0/s1. The summed E-state index contributed by atoms with van der Waals surface area (Å²) in [4.78, 5) is 34.3. The molecule has 0 saturated heterocycles. The SMILES string of the molecule is C[C@H](NC(=O)c1ccc(CNC(=O)C(C)(C)C)cc1)C(=O)O. The van der Waals surface area contributed by atoms with E-state index in [9.17, 15) is 14.4 Å². The van der Waals surface area contributed by atoms with Crippen molar-refractivity contribution in [2.75, 3.05) is 0 Å². The zero-order valence-corrected chi connectivity index (χ0v) is 13.3. The van der Waals surface area contributed by atoms with E-state index in [1.54, 1.807) is 24.3 Å². The van der Waals surface area contributed by atoms with Crippen LogP contribution in [-0.4, -0.2) is 28.9 Å². The minimum Gasteiger partial charge on any atom is -0.480 e. The van der Waals surface area contributed by atoms with Gasteiger partial charge in [-0.2, -0.15) is 0 Å². The number of carboxylic acids is 1. The van der Waals surface area contributed by atoms with Gasteiger partial charge in [-0.05, 0) is 24.6 Å². The van der Waals surface area contributed by atoms with E-state index >= 15 is 0 Å². The number of benzene rings is 1. The van der Waals surface area contributed by atoms with E-state index in [1.807, 2.05) is 20.8 Å². The third kappa shape index (κ3) is 5.20. The average Bonchev–Trinajstić information content (AvgIpc) is 2.43. The minimum atomic E-state index is -1.09. The summed E-state index contributed by atoms with van der Waals surface area (Å²) < 4.78 is 0. The second kappa shape index (κ2) is 7.06. The number of carboxylic acid groups (broad SMARTS) is 1. The van der Waals surface area contributed by atoms with E-state index in [-0.39, 0.29) is 5.91 Å². The van der Waals surface area contributed by atoms with Gasteiger partial charge in [-0.3, -0.25) is 14.4 Å². The molecule has 0 fully saturated rings. The molecule has 1 aromatic rings. The van der Waals surface area contributed by atoms with Crippen molar-refractivity contribution in [3.05, 3.63) is 35.4 Å². The molecule has 2 amide bonds. The van der Waals surface area contributed by atoms with Crippen molar-refractivity contribution >= 4 is 17.8 Å². The summed E-state index contributed by atoms with van der Waals surface area (Å²) in [5, 5.41) is 13.9. The Morgan fingerprint density at radius 3 is 2.14 bits per heavy atom. The molecule has 0 heterocycles. The van der Waals surface area contributed by atoms with Crippen LogP contribution in [0.3, 0.4) is 0 Å². The average molecular weight is 306 g/mol. The molecule has 22 heavy (non-hydrogen) atoms. The summed E-state index contributed by atoms with van der Waals surface area (Å²) in [6.07, 6.45) is 0. The van der Waals surface area contributed by atoms with Gasteiger partial charge in [0.1, 0.15) is 6.04 Å². The van der Waals surface area contributed by atoms with E-state index in [2.05, 4.69) is 10.6 Å². The number of carbonyl (C=O) groups excluding carboxylic acids is 2. The number of aliphatic carboxylic acids is 1. The molecule has 0 unspecified atom stereocenters. The molecule has 0 saturated carbocycles. The molecule has 6 nitrogen and oxygen atoms in total. The highest BCUT2D eigenvalue weighted by atomic mass is 16.4. The van der Waals surface area contributed by atoms with Crippen LogP contribution in [0, 0.1) is 5.41 Å². The van der Waals surface area contributed by atoms with Crippen LogP contribution in [0.1, 0.15) is 43.6 Å². The molecular formula is C16H22N2O4. The molecule has 0 aliphatic heterocycles. The van der Waals surface area contributed by atoms with Crippen LogP contribution < -0.4 is 10.6 Å². The zero-order chi connectivity index (χ0) is 16.9. The van der Waals surface area contributed by atoms with Crippen LogP contribution in [0.15, 0.2) is 24.3 Å². The van der Waals surface area contributed by atoms with Gasteiger partial charge in [-0.25, -0.2) is 0 Å². The summed E-state index contributed by atoms with van der Waals surface area (Å²) in [6, 6.07) is 5.70.